The average Bonchev–Trinajstić information content (AvgIpc) is 2.48. The monoisotopic (exact) mass is 266 g/mol. The third-order valence-electron chi connectivity index (χ3n) is 3.60. The maximum absolute atomic E-state index is 12.7. The lowest BCUT2D eigenvalue weighted by Crippen LogP contribution is -2.39. The standard InChI is InChI=1S/C15H22O4/c1-6-15(7-2,19-5)14(16)12-10-11(17-3)8-9-13(12)18-4/h8-10H,6-7H2,1-5H3. The van der Waals surface area contributed by atoms with Gasteiger partial charge in [-0.3, -0.25) is 4.79 Å². The van der Waals surface area contributed by atoms with E-state index in [1.807, 2.05) is 13.8 Å². The first-order chi connectivity index (χ1) is 9.08. The first-order valence-corrected chi connectivity index (χ1v) is 6.40. The first kappa shape index (κ1) is 15.5. The lowest BCUT2D eigenvalue weighted by Gasteiger charge is -2.29. The number of ketones is 1. The molecule has 0 saturated carbocycles. The highest BCUT2D eigenvalue weighted by Gasteiger charge is 2.37. The van der Waals surface area contributed by atoms with Crippen molar-refractivity contribution in [1.82, 2.24) is 0 Å². The smallest absolute Gasteiger partial charge is 0.198 e. The molecule has 1 aromatic carbocycles. The summed E-state index contributed by atoms with van der Waals surface area (Å²) in [7, 11) is 4.68. The van der Waals surface area contributed by atoms with Gasteiger partial charge in [0, 0.05) is 7.11 Å². The quantitative estimate of drug-likeness (QED) is 0.711. The molecule has 19 heavy (non-hydrogen) atoms. The Balaban J connectivity index is 3.30. The van der Waals surface area contributed by atoms with Gasteiger partial charge in [0.15, 0.2) is 5.78 Å². The van der Waals surface area contributed by atoms with Gasteiger partial charge in [-0.1, -0.05) is 13.8 Å². The van der Waals surface area contributed by atoms with E-state index in [2.05, 4.69) is 0 Å². The molecule has 0 spiro atoms. The second-order valence-electron chi connectivity index (χ2n) is 4.30. The highest BCUT2D eigenvalue weighted by Crippen LogP contribution is 2.31. The van der Waals surface area contributed by atoms with E-state index in [1.165, 1.54) is 0 Å². The fourth-order valence-corrected chi connectivity index (χ4v) is 2.19. The third-order valence-corrected chi connectivity index (χ3v) is 3.60. The van der Waals surface area contributed by atoms with Crippen molar-refractivity contribution in [3.05, 3.63) is 23.8 Å². The van der Waals surface area contributed by atoms with Gasteiger partial charge in [0.25, 0.3) is 0 Å². The number of rotatable bonds is 7. The van der Waals surface area contributed by atoms with Crippen LogP contribution in [0.1, 0.15) is 37.0 Å². The highest BCUT2D eigenvalue weighted by atomic mass is 16.5. The number of benzene rings is 1. The van der Waals surface area contributed by atoms with Crippen LogP contribution < -0.4 is 9.47 Å². The number of hydrogen-bond acceptors (Lipinski definition) is 4. The van der Waals surface area contributed by atoms with Crippen molar-refractivity contribution in [3.63, 3.8) is 0 Å². The van der Waals surface area contributed by atoms with E-state index in [-0.39, 0.29) is 5.78 Å². The molecule has 0 amide bonds. The van der Waals surface area contributed by atoms with Crippen molar-refractivity contribution in [1.29, 1.82) is 0 Å². The molecule has 0 heterocycles. The minimum Gasteiger partial charge on any atom is -0.497 e. The van der Waals surface area contributed by atoms with E-state index >= 15 is 0 Å². The van der Waals surface area contributed by atoms with Crippen LogP contribution in [0.2, 0.25) is 0 Å². The predicted octanol–water partition coefficient (Wildman–Crippen LogP) is 3.09. The second kappa shape index (κ2) is 6.57. The summed E-state index contributed by atoms with van der Waals surface area (Å²) in [5, 5.41) is 0. The van der Waals surface area contributed by atoms with Crippen LogP contribution in [0.25, 0.3) is 0 Å². The molecule has 0 bridgehead atoms. The molecule has 1 aromatic rings. The second-order valence-corrected chi connectivity index (χ2v) is 4.30. The first-order valence-electron chi connectivity index (χ1n) is 6.40. The summed E-state index contributed by atoms with van der Waals surface area (Å²) < 4.78 is 15.9. The van der Waals surface area contributed by atoms with Gasteiger partial charge < -0.3 is 14.2 Å². The molecule has 0 unspecified atom stereocenters. The van der Waals surface area contributed by atoms with Gasteiger partial charge in [0.2, 0.25) is 0 Å². The van der Waals surface area contributed by atoms with Crippen LogP contribution in [0.15, 0.2) is 18.2 Å². The molecule has 4 heteroatoms. The van der Waals surface area contributed by atoms with Crippen molar-refractivity contribution < 1.29 is 19.0 Å². The van der Waals surface area contributed by atoms with Crippen LogP contribution in [0, 0.1) is 0 Å². The molecule has 0 aliphatic carbocycles. The number of carbonyl (C=O) groups excluding carboxylic acids is 1. The van der Waals surface area contributed by atoms with E-state index in [0.29, 0.717) is 29.9 Å². The molecule has 0 aliphatic rings. The zero-order valence-corrected chi connectivity index (χ0v) is 12.3. The molecule has 0 aromatic heterocycles. The molecule has 1 rings (SSSR count). The van der Waals surface area contributed by atoms with Crippen molar-refractivity contribution in [2.24, 2.45) is 0 Å². The molecular formula is C15H22O4. The Morgan fingerprint density at radius 3 is 2.16 bits per heavy atom. The SMILES string of the molecule is CCC(CC)(OC)C(=O)c1cc(OC)ccc1OC. The van der Waals surface area contributed by atoms with Gasteiger partial charge in [-0.15, -0.1) is 0 Å². The molecule has 4 nitrogen and oxygen atoms in total. The fraction of sp³-hybridized carbons (Fsp3) is 0.533. The van der Waals surface area contributed by atoms with Crippen molar-refractivity contribution in [2.45, 2.75) is 32.3 Å². The van der Waals surface area contributed by atoms with Crippen LogP contribution in [0.5, 0.6) is 11.5 Å². The number of ether oxygens (including phenoxy) is 3. The average molecular weight is 266 g/mol. The van der Waals surface area contributed by atoms with E-state index in [1.54, 1.807) is 39.5 Å². The summed E-state index contributed by atoms with van der Waals surface area (Å²) in [5.41, 5.74) is -0.313. The summed E-state index contributed by atoms with van der Waals surface area (Å²) >= 11 is 0. The van der Waals surface area contributed by atoms with Crippen LogP contribution in [-0.2, 0) is 4.74 Å². The van der Waals surface area contributed by atoms with E-state index in [4.69, 9.17) is 14.2 Å². The minimum atomic E-state index is -0.806. The number of Topliss-reactive ketones (excluding diaryl/α,β-unsaturated/α-hetero) is 1. The number of carbonyl (C=O) groups is 1. The fourth-order valence-electron chi connectivity index (χ4n) is 2.19. The van der Waals surface area contributed by atoms with Crippen molar-refractivity contribution >= 4 is 5.78 Å². The molecule has 0 radical (unpaired) electrons. The lowest BCUT2D eigenvalue weighted by molar-refractivity contribution is -0.00282. The van der Waals surface area contributed by atoms with Gasteiger partial charge in [0.05, 0.1) is 19.8 Å². The Labute approximate surface area is 114 Å². The van der Waals surface area contributed by atoms with Crippen molar-refractivity contribution in [3.8, 4) is 11.5 Å². The van der Waals surface area contributed by atoms with Gasteiger partial charge in [0.1, 0.15) is 17.1 Å². The predicted molar refractivity (Wildman–Crippen MR) is 74.2 cm³/mol. The normalized spacial score (nSPS) is 11.2. The van der Waals surface area contributed by atoms with E-state index < -0.39 is 5.60 Å². The zero-order chi connectivity index (χ0) is 14.5. The van der Waals surface area contributed by atoms with Gasteiger partial charge >= 0.3 is 0 Å². The molecule has 0 N–H and O–H groups in total. The van der Waals surface area contributed by atoms with Gasteiger partial charge in [-0.25, -0.2) is 0 Å². The summed E-state index contributed by atoms with van der Waals surface area (Å²) in [6, 6.07) is 5.19. The Morgan fingerprint density at radius 2 is 1.74 bits per heavy atom. The Morgan fingerprint density at radius 1 is 1.11 bits per heavy atom. The van der Waals surface area contributed by atoms with Crippen LogP contribution in [0.3, 0.4) is 0 Å². The molecule has 0 fully saturated rings. The molecular weight excluding hydrogens is 244 g/mol. The topological polar surface area (TPSA) is 44.8 Å². The maximum Gasteiger partial charge on any atom is 0.198 e. The Bertz CT molecular complexity index is 428. The van der Waals surface area contributed by atoms with Crippen LogP contribution in [0.4, 0.5) is 0 Å². The molecule has 0 aliphatic heterocycles. The maximum atomic E-state index is 12.7. The number of hydrogen-bond donors (Lipinski definition) is 0. The van der Waals surface area contributed by atoms with E-state index in [0.717, 1.165) is 0 Å². The van der Waals surface area contributed by atoms with Crippen LogP contribution >= 0.6 is 0 Å². The minimum absolute atomic E-state index is 0.0734. The lowest BCUT2D eigenvalue weighted by atomic mass is 9.87. The van der Waals surface area contributed by atoms with Gasteiger partial charge in [-0.05, 0) is 31.0 Å². The van der Waals surface area contributed by atoms with Crippen molar-refractivity contribution in [2.75, 3.05) is 21.3 Å². The zero-order valence-electron chi connectivity index (χ0n) is 12.3. The highest BCUT2D eigenvalue weighted by molar-refractivity contribution is 6.05. The Hall–Kier alpha value is -1.55. The summed E-state index contributed by atoms with van der Waals surface area (Å²) in [4.78, 5) is 12.7. The van der Waals surface area contributed by atoms with Gasteiger partial charge in [-0.2, -0.15) is 0 Å². The summed E-state index contributed by atoms with van der Waals surface area (Å²) in [6.07, 6.45) is 1.22. The summed E-state index contributed by atoms with van der Waals surface area (Å²) in [5.74, 6) is 1.09. The largest absolute Gasteiger partial charge is 0.497 e. The molecule has 0 saturated heterocycles. The third kappa shape index (κ3) is 2.89. The van der Waals surface area contributed by atoms with Crippen LogP contribution in [-0.4, -0.2) is 32.7 Å². The molecule has 106 valence electrons. The number of methoxy groups -OCH3 is 3. The Kier molecular flexibility index (Phi) is 5.36. The van der Waals surface area contributed by atoms with E-state index in [9.17, 15) is 4.79 Å². The summed E-state index contributed by atoms with van der Waals surface area (Å²) in [6.45, 7) is 3.88. The molecule has 0 atom stereocenters.